The Morgan fingerprint density at radius 1 is 1.06 bits per heavy atom. The lowest BCUT2D eigenvalue weighted by Gasteiger charge is -2.44. The Bertz CT molecular complexity index is 730. The van der Waals surface area contributed by atoms with Gasteiger partial charge in [-0.15, -0.1) is 0 Å². The molecule has 3 saturated heterocycles. The first kappa shape index (κ1) is 25.5. The van der Waals surface area contributed by atoms with Gasteiger partial charge in [0.05, 0.1) is 51.2 Å². The summed E-state index contributed by atoms with van der Waals surface area (Å²) in [5.74, 6) is 0.0635. The zero-order valence-corrected chi connectivity index (χ0v) is 20.3. The molecule has 8 heteroatoms. The van der Waals surface area contributed by atoms with Crippen LogP contribution < -0.4 is 5.32 Å². The van der Waals surface area contributed by atoms with E-state index in [1.165, 1.54) is 5.56 Å². The third-order valence-electron chi connectivity index (χ3n) is 7.11. The molecule has 3 aliphatic rings. The summed E-state index contributed by atoms with van der Waals surface area (Å²) in [5.41, 5.74) is 1.30. The predicted molar refractivity (Wildman–Crippen MR) is 130 cm³/mol. The molecule has 1 aromatic carbocycles. The molecule has 0 unspecified atom stereocenters. The molecule has 3 heterocycles. The highest BCUT2D eigenvalue weighted by Gasteiger charge is 2.37. The number of morpholine rings is 1. The molecule has 8 nitrogen and oxygen atoms in total. The molecule has 1 amide bonds. The predicted octanol–water partition coefficient (Wildman–Crippen LogP) is 1.07. The van der Waals surface area contributed by atoms with Crippen LogP contribution in [0.2, 0.25) is 0 Å². The number of aliphatic hydroxyl groups excluding tert-OH is 1. The van der Waals surface area contributed by atoms with Crippen molar-refractivity contribution >= 4 is 5.91 Å². The van der Waals surface area contributed by atoms with Gasteiger partial charge >= 0.3 is 0 Å². The lowest BCUT2D eigenvalue weighted by Crippen LogP contribution is -2.56. The molecule has 0 bridgehead atoms. The highest BCUT2D eigenvalue weighted by atomic mass is 16.5. The molecule has 3 fully saturated rings. The fraction of sp³-hybridized carbons (Fsp3) is 0.731. The summed E-state index contributed by atoms with van der Waals surface area (Å²) in [6, 6.07) is 10.7. The van der Waals surface area contributed by atoms with Gasteiger partial charge in [0.25, 0.3) is 0 Å². The third-order valence-corrected chi connectivity index (χ3v) is 7.11. The number of rotatable bonds is 9. The normalized spacial score (nSPS) is 29.1. The van der Waals surface area contributed by atoms with Crippen LogP contribution in [0.15, 0.2) is 30.3 Å². The summed E-state index contributed by atoms with van der Waals surface area (Å²) in [7, 11) is 0. The number of carbonyl (C=O) groups is 1. The maximum Gasteiger partial charge on any atom is 0.222 e. The number of fused-ring (bicyclic) bond motifs is 1. The van der Waals surface area contributed by atoms with Gasteiger partial charge in [-0.1, -0.05) is 30.3 Å². The van der Waals surface area contributed by atoms with E-state index in [0.717, 1.165) is 65.1 Å². The second kappa shape index (κ2) is 13.5. The fourth-order valence-corrected chi connectivity index (χ4v) is 5.25. The highest BCUT2D eigenvalue weighted by molar-refractivity contribution is 5.76. The summed E-state index contributed by atoms with van der Waals surface area (Å²) >= 11 is 0. The summed E-state index contributed by atoms with van der Waals surface area (Å²) < 4.78 is 17.5. The Balaban J connectivity index is 1.22. The van der Waals surface area contributed by atoms with Crippen LogP contribution in [0.3, 0.4) is 0 Å². The van der Waals surface area contributed by atoms with E-state index in [0.29, 0.717) is 32.7 Å². The van der Waals surface area contributed by atoms with E-state index in [4.69, 9.17) is 14.2 Å². The first-order valence-electron chi connectivity index (χ1n) is 12.9. The van der Waals surface area contributed by atoms with Gasteiger partial charge < -0.3 is 24.6 Å². The molecule has 0 spiro atoms. The van der Waals surface area contributed by atoms with Crippen molar-refractivity contribution in [3.8, 4) is 0 Å². The highest BCUT2D eigenvalue weighted by Crippen LogP contribution is 2.28. The average molecular weight is 476 g/mol. The molecule has 0 saturated carbocycles. The van der Waals surface area contributed by atoms with Crippen LogP contribution in [0.1, 0.15) is 31.2 Å². The summed E-state index contributed by atoms with van der Waals surface area (Å²) in [6.07, 6.45) is 3.44. The van der Waals surface area contributed by atoms with E-state index in [1.54, 1.807) is 0 Å². The van der Waals surface area contributed by atoms with Gasteiger partial charge in [-0.25, -0.2) is 0 Å². The van der Waals surface area contributed by atoms with Crippen molar-refractivity contribution in [3.05, 3.63) is 35.9 Å². The Morgan fingerprint density at radius 3 is 2.71 bits per heavy atom. The molecule has 0 aromatic heterocycles. The van der Waals surface area contributed by atoms with Gasteiger partial charge in [0.15, 0.2) is 0 Å². The molecule has 4 atom stereocenters. The molecule has 190 valence electrons. The number of hydrogen-bond donors (Lipinski definition) is 2. The van der Waals surface area contributed by atoms with E-state index < -0.39 is 6.10 Å². The summed E-state index contributed by atoms with van der Waals surface area (Å²) in [4.78, 5) is 17.3. The van der Waals surface area contributed by atoms with E-state index in [2.05, 4.69) is 39.4 Å². The maximum atomic E-state index is 12.5. The fourth-order valence-electron chi connectivity index (χ4n) is 5.25. The minimum atomic E-state index is -0.488. The third kappa shape index (κ3) is 8.00. The number of nitrogens with zero attached hydrogens (tertiary/aromatic N) is 2. The number of amides is 1. The minimum Gasteiger partial charge on any atom is -0.389 e. The van der Waals surface area contributed by atoms with Crippen molar-refractivity contribution in [2.24, 2.45) is 0 Å². The largest absolute Gasteiger partial charge is 0.389 e. The smallest absolute Gasteiger partial charge is 0.222 e. The molecule has 0 aliphatic carbocycles. The zero-order valence-electron chi connectivity index (χ0n) is 20.3. The van der Waals surface area contributed by atoms with Crippen LogP contribution in [0.4, 0.5) is 0 Å². The molecule has 1 aromatic rings. The van der Waals surface area contributed by atoms with Crippen molar-refractivity contribution in [3.63, 3.8) is 0 Å². The Morgan fingerprint density at radius 2 is 1.88 bits per heavy atom. The lowest BCUT2D eigenvalue weighted by atomic mass is 9.94. The van der Waals surface area contributed by atoms with Gasteiger partial charge in [-0.2, -0.15) is 0 Å². The van der Waals surface area contributed by atoms with Crippen LogP contribution in [-0.4, -0.2) is 111 Å². The van der Waals surface area contributed by atoms with Gasteiger partial charge in [-0.05, 0) is 37.8 Å². The van der Waals surface area contributed by atoms with Crippen LogP contribution in [0.5, 0.6) is 0 Å². The average Bonchev–Trinajstić information content (AvgIpc) is 2.85. The number of benzene rings is 1. The van der Waals surface area contributed by atoms with Crippen molar-refractivity contribution in [1.29, 1.82) is 0 Å². The van der Waals surface area contributed by atoms with Gasteiger partial charge in [0, 0.05) is 38.8 Å². The molecule has 2 N–H and O–H groups in total. The summed E-state index contributed by atoms with van der Waals surface area (Å²) in [5, 5.41) is 13.4. The number of β-amino-alcohol motifs (C(OH)–C–C–N with tert-alkyl or cyclic N) is 1. The Labute approximate surface area is 203 Å². The van der Waals surface area contributed by atoms with Crippen molar-refractivity contribution < 1.29 is 24.1 Å². The monoisotopic (exact) mass is 475 g/mol. The quantitative estimate of drug-likeness (QED) is 0.517. The first-order valence-corrected chi connectivity index (χ1v) is 12.9. The van der Waals surface area contributed by atoms with E-state index >= 15 is 0 Å². The van der Waals surface area contributed by atoms with Crippen LogP contribution in [0, 0.1) is 0 Å². The van der Waals surface area contributed by atoms with Crippen LogP contribution in [-0.2, 0) is 25.4 Å². The van der Waals surface area contributed by atoms with Crippen molar-refractivity contribution in [2.45, 2.75) is 56.5 Å². The van der Waals surface area contributed by atoms with E-state index in [-0.39, 0.29) is 24.2 Å². The molecular weight excluding hydrogens is 434 g/mol. The van der Waals surface area contributed by atoms with Crippen molar-refractivity contribution in [2.75, 3.05) is 65.7 Å². The number of ether oxygens (including phenoxy) is 3. The Kier molecular flexibility index (Phi) is 10.2. The van der Waals surface area contributed by atoms with Crippen LogP contribution >= 0.6 is 0 Å². The molecular formula is C26H41N3O5. The topological polar surface area (TPSA) is 83.5 Å². The van der Waals surface area contributed by atoms with E-state index in [9.17, 15) is 9.90 Å². The zero-order chi connectivity index (χ0) is 23.6. The Hall–Kier alpha value is -1.55. The van der Waals surface area contributed by atoms with Gasteiger partial charge in [-0.3, -0.25) is 14.6 Å². The number of nitrogens with one attached hydrogen (secondary N) is 1. The minimum absolute atomic E-state index is 0.0635. The summed E-state index contributed by atoms with van der Waals surface area (Å²) in [6.45, 7) is 7.51. The van der Waals surface area contributed by atoms with E-state index in [1.807, 2.05) is 6.07 Å². The molecule has 3 aliphatic heterocycles. The first-order chi connectivity index (χ1) is 16.7. The standard InChI is InChI=1S/C26H41N3O5/c30-22-18-29(12-9-21-5-2-1-3-6-21)24-8-7-23(34-25(24)20-33-19-22)17-26(31)27-10-4-11-28-13-15-32-16-14-28/h1-3,5-6,22-25,30H,4,7-20H2,(H,27,31)/t22-,23+,24-,25+/m1/s1. The maximum absolute atomic E-state index is 12.5. The SMILES string of the molecule is O=C(C[C@@H]1CC[C@@H]2[C@H](COC[C@H](O)CN2CCc2ccccc2)O1)NCCCN1CCOCC1. The second-order valence-corrected chi connectivity index (χ2v) is 9.72. The van der Waals surface area contributed by atoms with Crippen LogP contribution in [0.25, 0.3) is 0 Å². The van der Waals surface area contributed by atoms with Gasteiger partial charge in [0.1, 0.15) is 0 Å². The second-order valence-electron chi connectivity index (χ2n) is 9.72. The van der Waals surface area contributed by atoms with Crippen molar-refractivity contribution in [1.82, 2.24) is 15.1 Å². The number of aliphatic hydroxyl groups is 1. The molecule has 4 rings (SSSR count). The molecule has 34 heavy (non-hydrogen) atoms. The lowest BCUT2D eigenvalue weighted by molar-refractivity contribution is -0.156. The molecule has 0 radical (unpaired) electrons. The number of carbonyl (C=O) groups excluding carboxylic acids is 1. The number of hydrogen-bond acceptors (Lipinski definition) is 7. The van der Waals surface area contributed by atoms with Gasteiger partial charge in [0.2, 0.25) is 5.91 Å².